The molecule has 5 aromatic rings. The number of carbonyl (C=O) groups excluding carboxylic acids is 1. The summed E-state index contributed by atoms with van der Waals surface area (Å²) in [7, 11) is 0. The van der Waals surface area contributed by atoms with E-state index >= 15 is 0 Å². The van der Waals surface area contributed by atoms with Crippen LogP contribution in [-0.2, 0) is 13.1 Å². The lowest BCUT2D eigenvalue weighted by molar-refractivity contribution is 0.0925. The Hall–Kier alpha value is -4.05. The number of aromatic nitrogens is 4. The maximum atomic E-state index is 12.5. The zero-order chi connectivity index (χ0) is 21.9. The molecule has 0 radical (unpaired) electrons. The zero-order valence-electron chi connectivity index (χ0n) is 16.8. The Labute approximate surface area is 185 Å². The van der Waals surface area contributed by atoms with Crippen molar-refractivity contribution in [2.45, 2.75) is 13.1 Å². The molecular weight excluding hydrogens is 428 g/mol. The van der Waals surface area contributed by atoms with Crippen LogP contribution in [0, 0.1) is 0 Å². The molecule has 4 aromatic heterocycles. The average Bonchev–Trinajstić information content (AvgIpc) is 3.48. The van der Waals surface area contributed by atoms with Crippen molar-refractivity contribution in [2.24, 2.45) is 0 Å². The first kappa shape index (κ1) is 19.9. The van der Waals surface area contributed by atoms with Crippen molar-refractivity contribution < 1.29 is 9.21 Å². The lowest BCUT2D eigenvalue weighted by atomic mass is 10.2. The van der Waals surface area contributed by atoms with Crippen molar-refractivity contribution >= 4 is 45.1 Å². The van der Waals surface area contributed by atoms with Gasteiger partial charge in [-0.05, 0) is 23.6 Å². The van der Waals surface area contributed by atoms with Crippen molar-refractivity contribution in [3.05, 3.63) is 81.2 Å². The lowest BCUT2D eigenvalue weighted by Crippen LogP contribution is -2.28. The fourth-order valence-corrected chi connectivity index (χ4v) is 4.00. The predicted octanol–water partition coefficient (Wildman–Crippen LogP) is 3.04. The number of fused-ring (bicyclic) bond motifs is 2. The Morgan fingerprint density at radius 1 is 1.12 bits per heavy atom. The van der Waals surface area contributed by atoms with Gasteiger partial charge < -0.3 is 15.1 Å². The van der Waals surface area contributed by atoms with Gasteiger partial charge in [0.1, 0.15) is 17.7 Å². The summed E-state index contributed by atoms with van der Waals surface area (Å²) in [5.41, 5.74) is 0.789. The minimum atomic E-state index is -0.461. The van der Waals surface area contributed by atoms with E-state index in [4.69, 9.17) is 4.42 Å². The summed E-state index contributed by atoms with van der Waals surface area (Å²) in [6, 6.07) is 12.1. The summed E-state index contributed by atoms with van der Waals surface area (Å²) in [5, 5.41) is 13.7. The number of thiophene rings is 1. The third kappa shape index (κ3) is 3.95. The van der Waals surface area contributed by atoms with Crippen molar-refractivity contribution in [3.8, 4) is 0 Å². The van der Waals surface area contributed by atoms with Crippen LogP contribution in [0.5, 0.6) is 0 Å². The smallest absolute Gasteiger partial charge is 0.287 e. The molecule has 1 amide bonds. The summed E-state index contributed by atoms with van der Waals surface area (Å²) in [6.45, 7) is 1.35. The van der Waals surface area contributed by atoms with Gasteiger partial charge in [0.15, 0.2) is 16.8 Å². The predicted molar refractivity (Wildman–Crippen MR) is 122 cm³/mol. The van der Waals surface area contributed by atoms with Gasteiger partial charge in [-0.15, -0.1) is 11.3 Å². The molecule has 0 bridgehead atoms. The first-order valence-corrected chi connectivity index (χ1v) is 10.8. The van der Waals surface area contributed by atoms with E-state index in [1.54, 1.807) is 46.5 Å². The Kier molecular flexibility index (Phi) is 5.34. The number of amides is 1. The van der Waals surface area contributed by atoms with E-state index < -0.39 is 5.91 Å². The molecule has 32 heavy (non-hydrogen) atoms. The van der Waals surface area contributed by atoms with Crippen molar-refractivity contribution in [2.75, 3.05) is 11.9 Å². The number of para-hydroxylation sites is 1. The Morgan fingerprint density at radius 3 is 2.91 bits per heavy atom. The maximum absolute atomic E-state index is 12.5. The van der Waals surface area contributed by atoms with Crippen LogP contribution in [0.1, 0.15) is 15.4 Å². The molecule has 5 rings (SSSR count). The van der Waals surface area contributed by atoms with Crippen LogP contribution in [0.4, 0.5) is 5.82 Å². The number of nitrogens with one attached hydrogen (secondary N) is 2. The van der Waals surface area contributed by atoms with E-state index in [2.05, 4.69) is 31.8 Å². The molecule has 10 heteroatoms. The number of rotatable bonds is 7. The van der Waals surface area contributed by atoms with Gasteiger partial charge in [0.25, 0.3) is 5.91 Å². The van der Waals surface area contributed by atoms with Gasteiger partial charge in [-0.2, -0.15) is 5.10 Å². The molecule has 0 saturated heterocycles. The first-order chi connectivity index (χ1) is 15.7. The van der Waals surface area contributed by atoms with Crippen molar-refractivity contribution in [1.82, 2.24) is 25.1 Å². The molecular formula is C22H18N6O3S. The van der Waals surface area contributed by atoms with Crippen LogP contribution < -0.4 is 16.1 Å². The van der Waals surface area contributed by atoms with Gasteiger partial charge in [0, 0.05) is 17.5 Å². The van der Waals surface area contributed by atoms with Crippen molar-refractivity contribution in [1.29, 1.82) is 0 Å². The van der Waals surface area contributed by atoms with Gasteiger partial charge in [0.2, 0.25) is 0 Å². The summed E-state index contributed by atoms with van der Waals surface area (Å²) >= 11 is 1.67. The second-order valence-electron chi connectivity index (χ2n) is 6.99. The first-order valence-electron chi connectivity index (χ1n) is 9.93. The highest BCUT2D eigenvalue weighted by atomic mass is 32.1. The molecule has 0 atom stereocenters. The molecule has 0 aliphatic carbocycles. The highest BCUT2D eigenvalue weighted by Crippen LogP contribution is 2.20. The Balaban J connectivity index is 1.26. The second-order valence-corrected chi connectivity index (χ2v) is 8.02. The van der Waals surface area contributed by atoms with Crippen LogP contribution in [0.25, 0.3) is 22.0 Å². The molecule has 4 heterocycles. The molecule has 2 N–H and O–H groups in total. The van der Waals surface area contributed by atoms with Gasteiger partial charge in [-0.25, -0.2) is 14.6 Å². The number of anilines is 1. The monoisotopic (exact) mass is 446 g/mol. The third-order valence-corrected chi connectivity index (χ3v) is 5.79. The normalized spacial score (nSPS) is 11.1. The fourth-order valence-electron chi connectivity index (χ4n) is 3.36. The Bertz CT molecular complexity index is 1460. The molecule has 160 valence electrons. The van der Waals surface area contributed by atoms with Crippen LogP contribution in [0.3, 0.4) is 0 Å². The van der Waals surface area contributed by atoms with E-state index in [9.17, 15) is 9.59 Å². The highest BCUT2D eigenvalue weighted by Gasteiger charge is 2.13. The minimum absolute atomic E-state index is 0.0265. The zero-order valence-corrected chi connectivity index (χ0v) is 17.6. The molecule has 0 fully saturated rings. The van der Waals surface area contributed by atoms with Crippen LogP contribution >= 0.6 is 11.3 Å². The van der Waals surface area contributed by atoms with Gasteiger partial charge in [-0.1, -0.05) is 18.2 Å². The summed E-state index contributed by atoms with van der Waals surface area (Å²) in [4.78, 5) is 34.5. The maximum Gasteiger partial charge on any atom is 0.287 e. The Morgan fingerprint density at radius 2 is 2.03 bits per heavy atom. The lowest BCUT2D eigenvalue weighted by Gasteiger charge is -2.07. The van der Waals surface area contributed by atoms with Gasteiger partial charge in [-0.3, -0.25) is 9.59 Å². The van der Waals surface area contributed by atoms with E-state index in [1.165, 1.54) is 17.3 Å². The van der Waals surface area contributed by atoms with Crippen LogP contribution in [0.15, 0.2) is 69.6 Å². The molecule has 0 spiro atoms. The number of carbonyl (C=O) groups is 1. The number of benzene rings is 1. The molecule has 0 aliphatic rings. The van der Waals surface area contributed by atoms with E-state index in [0.717, 1.165) is 5.39 Å². The second kappa shape index (κ2) is 8.60. The van der Waals surface area contributed by atoms with E-state index in [-0.39, 0.29) is 17.7 Å². The summed E-state index contributed by atoms with van der Waals surface area (Å²) < 4.78 is 7.27. The van der Waals surface area contributed by atoms with E-state index in [0.29, 0.717) is 35.5 Å². The average molecular weight is 446 g/mol. The third-order valence-electron chi connectivity index (χ3n) is 4.91. The van der Waals surface area contributed by atoms with Crippen LogP contribution in [-0.4, -0.2) is 32.2 Å². The minimum Gasteiger partial charge on any atom is -0.451 e. The van der Waals surface area contributed by atoms with Gasteiger partial charge in [0.05, 0.1) is 30.1 Å². The molecule has 0 saturated carbocycles. The topological polar surface area (TPSA) is 115 Å². The largest absolute Gasteiger partial charge is 0.451 e. The summed E-state index contributed by atoms with van der Waals surface area (Å²) in [6.07, 6.45) is 3.19. The molecule has 9 nitrogen and oxygen atoms in total. The molecule has 0 aliphatic heterocycles. The molecule has 1 aromatic carbocycles. The number of nitrogens with zero attached hydrogens (tertiary/aromatic N) is 4. The quantitative estimate of drug-likeness (QED) is 0.395. The number of hydrogen-bond donors (Lipinski definition) is 2. The fraction of sp³-hybridized carbons (Fsp3) is 0.136. The molecule has 0 unspecified atom stereocenters. The SMILES string of the molecule is O=C(NCCn1ncc2c(NCc3cccs3)ncnc21)c1cc(=O)c2ccccc2o1. The van der Waals surface area contributed by atoms with Gasteiger partial charge >= 0.3 is 0 Å². The van der Waals surface area contributed by atoms with Crippen LogP contribution in [0.2, 0.25) is 0 Å². The van der Waals surface area contributed by atoms with Crippen molar-refractivity contribution in [3.63, 3.8) is 0 Å². The number of hydrogen-bond acceptors (Lipinski definition) is 8. The van der Waals surface area contributed by atoms with E-state index in [1.807, 2.05) is 11.4 Å². The standard InChI is InChI=1S/C22H18N6O3S/c29-17-10-19(31-18-6-2-1-5-15(17)18)22(30)23-7-8-28-21-16(12-27-28)20(25-13-26-21)24-11-14-4-3-9-32-14/h1-6,9-10,12-13H,7-8,11H2,(H,23,30)(H,24,25,26). The highest BCUT2D eigenvalue weighted by molar-refractivity contribution is 7.09. The summed E-state index contributed by atoms with van der Waals surface area (Å²) in [5.74, 6) is 0.218.